The Morgan fingerprint density at radius 3 is 2.38 bits per heavy atom. The van der Waals surface area contributed by atoms with Crippen LogP contribution in [0.25, 0.3) is 0 Å². The van der Waals surface area contributed by atoms with Gasteiger partial charge in [-0.3, -0.25) is 0 Å². The second kappa shape index (κ2) is 1.71. The molecule has 0 saturated carbocycles. The Bertz CT molecular complexity index is 88.5. The van der Waals surface area contributed by atoms with E-state index in [0.717, 1.165) is 6.61 Å². The van der Waals surface area contributed by atoms with E-state index >= 15 is 0 Å². The van der Waals surface area contributed by atoms with Gasteiger partial charge in [-0.15, -0.1) is 0 Å². The van der Waals surface area contributed by atoms with Crippen LogP contribution in [0.1, 0.15) is 13.8 Å². The number of ether oxygens (including phenoxy) is 1. The summed E-state index contributed by atoms with van der Waals surface area (Å²) < 4.78 is 5.17. The average molecular weight is 115 g/mol. The van der Waals surface area contributed by atoms with Crippen molar-refractivity contribution < 1.29 is 4.74 Å². The molecule has 1 aliphatic rings. The van der Waals surface area contributed by atoms with Crippen molar-refractivity contribution in [3.05, 3.63) is 0 Å². The Kier molecular flexibility index (Phi) is 1.29. The van der Waals surface area contributed by atoms with Gasteiger partial charge in [-0.05, 0) is 0 Å². The Morgan fingerprint density at radius 2 is 2.38 bits per heavy atom. The molecule has 0 aromatic heterocycles. The molecule has 2 heteroatoms. The average Bonchev–Trinajstić information content (AvgIpc) is 1.66. The van der Waals surface area contributed by atoms with Crippen molar-refractivity contribution in [3.63, 3.8) is 0 Å². The second-order valence-electron chi connectivity index (χ2n) is 3.02. The van der Waals surface area contributed by atoms with E-state index in [1.807, 2.05) is 0 Å². The van der Waals surface area contributed by atoms with Crippen LogP contribution in [0.5, 0.6) is 0 Å². The van der Waals surface area contributed by atoms with Crippen molar-refractivity contribution in [2.45, 2.75) is 20.0 Å². The molecule has 0 spiro atoms. The summed E-state index contributed by atoms with van der Waals surface area (Å²) in [4.78, 5) is 0. The quantitative estimate of drug-likeness (QED) is 0.536. The summed E-state index contributed by atoms with van der Waals surface area (Å²) in [5, 5.41) is 0. The van der Waals surface area contributed by atoms with E-state index in [1.54, 1.807) is 0 Å². The van der Waals surface area contributed by atoms with Crippen LogP contribution in [-0.4, -0.2) is 19.3 Å². The molecule has 2 N–H and O–H groups in total. The van der Waals surface area contributed by atoms with Gasteiger partial charge in [-0.25, -0.2) is 0 Å². The van der Waals surface area contributed by atoms with Crippen molar-refractivity contribution in [2.24, 2.45) is 11.1 Å². The van der Waals surface area contributed by atoms with Gasteiger partial charge in [0, 0.05) is 12.0 Å². The highest BCUT2D eigenvalue weighted by molar-refractivity contribution is 4.87. The van der Waals surface area contributed by atoms with E-state index in [2.05, 4.69) is 13.8 Å². The van der Waals surface area contributed by atoms with Gasteiger partial charge in [0.05, 0.1) is 12.7 Å². The summed E-state index contributed by atoms with van der Waals surface area (Å²) in [6.07, 6.45) is 0.308. The topological polar surface area (TPSA) is 35.2 Å². The molecule has 1 heterocycles. The van der Waals surface area contributed by atoms with Gasteiger partial charge in [-0.1, -0.05) is 13.8 Å². The first-order valence-corrected chi connectivity index (χ1v) is 2.98. The van der Waals surface area contributed by atoms with Gasteiger partial charge in [0.15, 0.2) is 0 Å². The van der Waals surface area contributed by atoms with E-state index in [-0.39, 0.29) is 0 Å². The van der Waals surface area contributed by atoms with Gasteiger partial charge in [0.25, 0.3) is 0 Å². The fourth-order valence-corrected chi connectivity index (χ4v) is 0.922. The molecule has 48 valence electrons. The van der Waals surface area contributed by atoms with Crippen molar-refractivity contribution in [1.82, 2.24) is 0 Å². The van der Waals surface area contributed by atoms with Crippen molar-refractivity contribution >= 4 is 0 Å². The summed E-state index contributed by atoms with van der Waals surface area (Å²) in [6.45, 7) is 5.88. The molecule has 1 aliphatic heterocycles. The van der Waals surface area contributed by atoms with E-state index < -0.39 is 0 Å². The molecule has 8 heavy (non-hydrogen) atoms. The number of nitrogens with two attached hydrogens (primary N) is 1. The summed E-state index contributed by atoms with van der Waals surface area (Å²) >= 11 is 0. The third-order valence-electron chi connectivity index (χ3n) is 1.74. The maximum absolute atomic E-state index is 5.38. The molecule has 1 rings (SSSR count). The first-order chi connectivity index (χ1) is 3.67. The molecule has 1 atom stereocenters. The lowest BCUT2D eigenvalue weighted by Crippen LogP contribution is -2.51. The minimum absolute atomic E-state index is 0.308. The van der Waals surface area contributed by atoms with Crippen LogP contribution in [0.2, 0.25) is 0 Å². The summed E-state index contributed by atoms with van der Waals surface area (Å²) in [6, 6.07) is 0. The van der Waals surface area contributed by atoms with Crippen molar-refractivity contribution in [2.75, 3.05) is 13.2 Å². The van der Waals surface area contributed by atoms with Crippen molar-refractivity contribution in [1.29, 1.82) is 0 Å². The molecular formula is C6H13NO. The van der Waals surface area contributed by atoms with E-state index in [9.17, 15) is 0 Å². The van der Waals surface area contributed by atoms with E-state index in [4.69, 9.17) is 10.5 Å². The number of hydrogen-bond acceptors (Lipinski definition) is 2. The second-order valence-corrected chi connectivity index (χ2v) is 3.02. The van der Waals surface area contributed by atoms with Crippen LogP contribution in [0.4, 0.5) is 0 Å². The fraction of sp³-hybridized carbons (Fsp3) is 1.00. The summed E-state index contributed by atoms with van der Waals surface area (Å²) in [7, 11) is 0. The number of hydrogen-bond donors (Lipinski definition) is 1. The lowest BCUT2D eigenvalue weighted by molar-refractivity contribution is -0.161. The van der Waals surface area contributed by atoms with Crippen molar-refractivity contribution in [3.8, 4) is 0 Å². The number of rotatable bonds is 1. The Balaban J connectivity index is 2.37. The van der Waals surface area contributed by atoms with Crippen LogP contribution in [-0.2, 0) is 4.74 Å². The molecular weight excluding hydrogens is 102 g/mol. The third-order valence-corrected chi connectivity index (χ3v) is 1.74. The van der Waals surface area contributed by atoms with Gasteiger partial charge >= 0.3 is 0 Å². The van der Waals surface area contributed by atoms with Gasteiger partial charge < -0.3 is 10.5 Å². The molecule has 0 radical (unpaired) electrons. The Hall–Kier alpha value is -0.0800. The Morgan fingerprint density at radius 1 is 1.75 bits per heavy atom. The smallest absolute Gasteiger partial charge is 0.0770 e. The van der Waals surface area contributed by atoms with Crippen LogP contribution in [0.3, 0.4) is 0 Å². The third kappa shape index (κ3) is 0.740. The molecule has 0 aromatic carbocycles. The summed E-state index contributed by atoms with van der Waals surface area (Å²) in [5.74, 6) is 0. The van der Waals surface area contributed by atoms with Crippen LogP contribution in [0, 0.1) is 5.41 Å². The molecule has 2 nitrogen and oxygen atoms in total. The molecule has 0 aliphatic carbocycles. The Labute approximate surface area is 50.0 Å². The normalized spacial score (nSPS) is 34.1. The first kappa shape index (κ1) is 6.05. The predicted molar refractivity (Wildman–Crippen MR) is 32.6 cm³/mol. The zero-order chi connectivity index (χ0) is 6.20. The molecule has 1 saturated heterocycles. The zero-order valence-corrected chi connectivity index (χ0v) is 5.48. The maximum atomic E-state index is 5.38. The highest BCUT2D eigenvalue weighted by Gasteiger charge is 2.38. The molecule has 1 fully saturated rings. The van der Waals surface area contributed by atoms with E-state index in [0.29, 0.717) is 18.1 Å². The summed E-state index contributed by atoms with van der Waals surface area (Å²) in [5.41, 5.74) is 5.73. The van der Waals surface area contributed by atoms with Crippen LogP contribution < -0.4 is 5.73 Å². The largest absolute Gasteiger partial charge is 0.376 e. The SMILES string of the molecule is CC1(C)COC1CN. The minimum atomic E-state index is 0.308. The minimum Gasteiger partial charge on any atom is -0.376 e. The maximum Gasteiger partial charge on any atom is 0.0770 e. The lowest BCUT2D eigenvalue weighted by atomic mass is 9.83. The van der Waals surface area contributed by atoms with E-state index in [1.165, 1.54) is 0 Å². The lowest BCUT2D eigenvalue weighted by Gasteiger charge is -2.43. The molecule has 0 aromatic rings. The van der Waals surface area contributed by atoms with Gasteiger partial charge in [-0.2, -0.15) is 0 Å². The zero-order valence-electron chi connectivity index (χ0n) is 5.48. The van der Waals surface area contributed by atoms with Crippen LogP contribution >= 0.6 is 0 Å². The molecule has 1 unspecified atom stereocenters. The monoisotopic (exact) mass is 115 g/mol. The first-order valence-electron chi connectivity index (χ1n) is 2.98. The fourth-order valence-electron chi connectivity index (χ4n) is 0.922. The van der Waals surface area contributed by atoms with Gasteiger partial charge in [0.1, 0.15) is 0 Å². The highest BCUT2D eigenvalue weighted by Crippen LogP contribution is 2.32. The standard InChI is InChI=1S/C6H13NO/c1-6(2)4-8-5(6)3-7/h5H,3-4,7H2,1-2H3. The molecule has 0 bridgehead atoms. The van der Waals surface area contributed by atoms with Gasteiger partial charge in [0.2, 0.25) is 0 Å². The molecule has 0 amide bonds. The highest BCUT2D eigenvalue weighted by atomic mass is 16.5. The predicted octanol–water partition coefficient (Wildman–Crippen LogP) is 0.370. The van der Waals surface area contributed by atoms with Crippen LogP contribution in [0.15, 0.2) is 0 Å².